The first-order chi connectivity index (χ1) is 9.49. The van der Waals surface area contributed by atoms with Crippen LogP contribution >= 0.6 is 0 Å². The number of amides is 1. The number of anilines is 1. The molecule has 0 aromatic carbocycles. The standard InChI is InChI=1S/C14H23N3O3S/c1-13(2,3)10-7-11(17-16-10)15-12(18)8-14(5-6-14)9-21(4,19)20/h7H,5-6,8-9H2,1-4H3,(H2,15,16,17,18). The van der Waals surface area contributed by atoms with Crippen molar-refractivity contribution >= 4 is 21.6 Å². The lowest BCUT2D eigenvalue weighted by Gasteiger charge is -2.14. The van der Waals surface area contributed by atoms with Crippen LogP contribution in [0.1, 0.15) is 45.7 Å². The van der Waals surface area contributed by atoms with Crippen molar-refractivity contribution in [2.24, 2.45) is 5.41 Å². The third-order valence-corrected chi connectivity index (χ3v) is 4.85. The Morgan fingerprint density at radius 3 is 2.48 bits per heavy atom. The number of carbonyl (C=O) groups excluding carboxylic acids is 1. The van der Waals surface area contributed by atoms with Crippen LogP contribution in [0, 0.1) is 5.41 Å². The maximum Gasteiger partial charge on any atom is 0.226 e. The number of aromatic amines is 1. The molecule has 118 valence electrons. The Kier molecular flexibility index (Phi) is 3.90. The number of hydrogen-bond acceptors (Lipinski definition) is 4. The molecule has 0 spiro atoms. The normalized spacial score (nSPS) is 17.5. The smallest absolute Gasteiger partial charge is 0.226 e. The predicted octanol–water partition coefficient (Wildman–Crippen LogP) is 1.86. The SMILES string of the molecule is CC(C)(C)c1cc(NC(=O)CC2(CS(C)(=O)=O)CC2)n[nH]1. The molecule has 1 saturated carbocycles. The Balaban J connectivity index is 1.95. The van der Waals surface area contributed by atoms with E-state index in [-0.39, 0.29) is 28.9 Å². The molecule has 1 fully saturated rings. The van der Waals surface area contributed by atoms with Gasteiger partial charge in [0.2, 0.25) is 5.91 Å². The Labute approximate surface area is 125 Å². The van der Waals surface area contributed by atoms with Crippen molar-refractivity contribution in [2.75, 3.05) is 17.3 Å². The van der Waals surface area contributed by atoms with Crippen LogP contribution in [0.2, 0.25) is 0 Å². The second-order valence-electron chi connectivity index (χ2n) is 7.21. The number of hydrogen-bond donors (Lipinski definition) is 2. The van der Waals surface area contributed by atoms with Crippen LogP contribution in [-0.4, -0.2) is 36.5 Å². The van der Waals surface area contributed by atoms with E-state index < -0.39 is 9.84 Å². The van der Waals surface area contributed by atoms with Crippen molar-refractivity contribution in [3.8, 4) is 0 Å². The van der Waals surface area contributed by atoms with E-state index in [1.165, 1.54) is 6.26 Å². The molecule has 0 saturated heterocycles. The van der Waals surface area contributed by atoms with Gasteiger partial charge in [-0.2, -0.15) is 5.10 Å². The Hall–Kier alpha value is -1.37. The number of rotatable bonds is 5. The highest BCUT2D eigenvalue weighted by Crippen LogP contribution is 2.49. The summed E-state index contributed by atoms with van der Waals surface area (Å²) >= 11 is 0. The third kappa shape index (κ3) is 4.56. The van der Waals surface area contributed by atoms with E-state index in [9.17, 15) is 13.2 Å². The molecule has 0 radical (unpaired) electrons. The summed E-state index contributed by atoms with van der Waals surface area (Å²) in [5.41, 5.74) is 0.514. The highest BCUT2D eigenvalue weighted by atomic mass is 32.2. The van der Waals surface area contributed by atoms with Gasteiger partial charge in [0.05, 0.1) is 5.75 Å². The van der Waals surface area contributed by atoms with Gasteiger partial charge in [0.25, 0.3) is 0 Å². The van der Waals surface area contributed by atoms with E-state index in [1.807, 2.05) is 6.07 Å². The molecule has 0 aliphatic heterocycles. The van der Waals surface area contributed by atoms with Crippen molar-refractivity contribution < 1.29 is 13.2 Å². The molecule has 2 N–H and O–H groups in total. The molecular weight excluding hydrogens is 290 g/mol. The summed E-state index contributed by atoms with van der Waals surface area (Å²) in [4.78, 5) is 12.1. The zero-order valence-electron chi connectivity index (χ0n) is 13.0. The minimum Gasteiger partial charge on any atom is -0.309 e. The number of nitrogens with zero attached hydrogens (tertiary/aromatic N) is 1. The van der Waals surface area contributed by atoms with Gasteiger partial charge >= 0.3 is 0 Å². The second-order valence-corrected chi connectivity index (χ2v) is 9.35. The lowest BCUT2D eigenvalue weighted by atomic mass is 9.92. The van der Waals surface area contributed by atoms with Gasteiger partial charge in [-0.25, -0.2) is 8.42 Å². The van der Waals surface area contributed by atoms with Crippen molar-refractivity contribution in [2.45, 2.75) is 45.4 Å². The number of nitrogens with one attached hydrogen (secondary N) is 2. The van der Waals surface area contributed by atoms with Crippen LogP contribution in [0.3, 0.4) is 0 Å². The highest BCUT2D eigenvalue weighted by molar-refractivity contribution is 7.90. The van der Waals surface area contributed by atoms with Crippen LogP contribution < -0.4 is 5.32 Å². The van der Waals surface area contributed by atoms with Gasteiger partial charge in [0.15, 0.2) is 5.82 Å². The first-order valence-electron chi connectivity index (χ1n) is 7.03. The van der Waals surface area contributed by atoms with Crippen LogP contribution in [0.25, 0.3) is 0 Å². The fourth-order valence-electron chi connectivity index (χ4n) is 2.40. The van der Waals surface area contributed by atoms with Crippen molar-refractivity contribution in [3.63, 3.8) is 0 Å². The van der Waals surface area contributed by atoms with E-state index in [1.54, 1.807) is 0 Å². The van der Waals surface area contributed by atoms with Gasteiger partial charge in [0, 0.05) is 29.9 Å². The molecular formula is C14H23N3O3S. The molecule has 1 heterocycles. The largest absolute Gasteiger partial charge is 0.309 e. The first kappa shape index (κ1) is 16.0. The second kappa shape index (κ2) is 5.12. The lowest BCUT2D eigenvalue weighted by Crippen LogP contribution is -2.23. The summed E-state index contributed by atoms with van der Waals surface area (Å²) in [5.74, 6) is 0.393. The van der Waals surface area contributed by atoms with Crippen molar-refractivity contribution in [1.82, 2.24) is 10.2 Å². The number of carbonyl (C=O) groups is 1. The maximum atomic E-state index is 12.1. The topological polar surface area (TPSA) is 91.9 Å². The third-order valence-electron chi connectivity index (χ3n) is 3.71. The lowest BCUT2D eigenvalue weighted by molar-refractivity contribution is -0.117. The number of sulfone groups is 1. The summed E-state index contributed by atoms with van der Waals surface area (Å²) < 4.78 is 22.8. The Morgan fingerprint density at radius 2 is 2.05 bits per heavy atom. The molecule has 7 heteroatoms. The molecule has 1 aromatic heterocycles. The summed E-state index contributed by atoms with van der Waals surface area (Å²) in [7, 11) is -3.05. The fraction of sp³-hybridized carbons (Fsp3) is 0.714. The van der Waals surface area contributed by atoms with Gasteiger partial charge in [-0.15, -0.1) is 0 Å². The van der Waals surface area contributed by atoms with Crippen LogP contribution in [0.4, 0.5) is 5.82 Å². The number of H-pyrrole nitrogens is 1. The van der Waals surface area contributed by atoms with Crippen LogP contribution in [0.15, 0.2) is 6.07 Å². The molecule has 1 aromatic rings. The van der Waals surface area contributed by atoms with E-state index >= 15 is 0 Å². The van der Waals surface area contributed by atoms with E-state index in [0.29, 0.717) is 5.82 Å². The molecule has 1 aliphatic rings. The molecule has 0 bridgehead atoms. The molecule has 0 atom stereocenters. The average molecular weight is 313 g/mol. The van der Waals surface area contributed by atoms with Gasteiger partial charge in [-0.1, -0.05) is 20.8 Å². The summed E-state index contributed by atoms with van der Waals surface area (Å²) in [6.45, 7) is 6.16. The van der Waals surface area contributed by atoms with Gasteiger partial charge in [-0.05, 0) is 18.3 Å². The predicted molar refractivity (Wildman–Crippen MR) is 81.9 cm³/mol. The van der Waals surface area contributed by atoms with Crippen LogP contribution in [0.5, 0.6) is 0 Å². The molecule has 6 nitrogen and oxygen atoms in total. The molecule has 0 unspecified atom stereocenters. The summed E-state index contributed by atoms with van der Waals surface area (Å²) in [6, 6.07) is 1.81. The summed E-state index contributed by atoms with van der Waals surface area (Å²) in [6.07, 6.45) is 3.04. The van der Waals surface area contributed by atoms with Crippen LogP contribution in [-0.2, 0) is 20.0 Å². The zero-order valence-corrected chi connectivity index (χ0v) is 13.8. The molecule has 1 aliphatic carbocycles. The quantitative estimate of drug-likeness (QED) is 0.868. The zero-order chi connectivity index (χ0) is 15.9. The van der Waals surface area contributed by atoms with Gasteiger partial charge in [0.1, 0.15) is 9.84 Å². The maximum absolute atomic E-state index is 12.1. The Bertz CT molecular complexity index is 637. The number of aromatic nitrogens is 2. The molecule has 2 rings (SSSR count). The average Bonchev–Trinajstić information content (AvgIpc) is 2.83. The monoisotopic (exact) mass is 313 g/mol. The van der Waals surface area contributed by atoms with E-state index in [4.69, 9.17) is 0 Å². The van der Waals surface area contributed by atoms with Gasteiger partial charge < -0.3 is 5.32 Å². The van der Waals surface area contributed by atoms with Crippen molar-refractivity contribution in [1.29, 1.82) is 0 Å². The highest BCUT2D eigenvalue weighted by Gasteiger charge is 2.46. The molecule has 1 amide bonds. The molecule has 21 heavy (non-hydrogen) atoms. The van der Waals surface area contributed by atoms with Gasteiger partial charge in [-0.3, -0.25) is 9.89 Å². The fourth-order valence-corrected chi connectivity index (χ4v) is 3.91. The Morgan fingerprint density at radius 1 is 1.43 bits per heavy atom. The summed E-state index contributed by atoms with van der Waals surface area (Å²) in [5, 5.41) is 9.72. The van der Waals surface area contributed by atoms with Crippen molar-refractivity contribution in [3.05, 3.63) is 11.8 Å². The van der Waals surface area contributed by atoms with E-state index in [2.05, 4.69) is 36.3 Å². The first-order valence-corrected chi connectivity index (χ1v) is 9.09. The van der Waals surface area contributed by atoms with E-state index in [0.717, 1.165) is 18.5 Å². The minimum atomic E-state index is -3.05. The minimum absolute atomic E-state index is 0.0655.